The van der Waals surface area contributed by atoms with Crippen molar-refractivity contribution in [2.45, 2.75) is 31.7 Å². The molecular formula is C19H20N2O. The van der Waals surface area contributed by atoms with Gasteiger partial charge < -0.3 is 10.2 Å². The molecule has 1 heterocycles. The quantitative estimate of drug-likeness (QED) is 0.869. The second kappa shape index (κ2) is 5.16. The Bertz CT molecular complexity index is 724. The van der Waals surface area contributed by atoms with Crippen LogP contribution in [-0.4, -0.2) is 13.0 Å². The van der Waals surface area contributed by atoms with Crippen LogP contribution in [0.4, 0.5) is 11.4 Å². The van der Waals surface area contributed by atoms with E-state index in [0.717, 1.165) is 29.8 Å². The Morgan fingerprint density at radius 3 is 2.45 bits per heavy atom. The molecule has 0 aromatic heterocycles. The van der Waals surface area contributed by atoms with Crippen LogP contribution in [-0.2, 0) is 17.6 Å². The van der Waals surface area contributed by atoms with Gasteiger partial charge in [-0.1, -0.05) is 30.3 Å². The first-order valence-corrected chi connectivity index (χ1v) is 7.99. The highest BCUT2D eigenvalue weighted by atomic mass is 16.2. The van der Waals surface area contributed by atoms with Crippen molar-refractivity contribution in [3.05, 3.63) is 59.2 Å². The van der Waals surface area contributed by atoms with Crippen molar-refractivity contribution in [2.24, 2.45) is 0 Å². The first-order valence-electron chi connectivity index (χ1n) is 7.99. The van der Waals surface area contributed by atoms with E-state index in [-0.39, 0.29) is 11.9 Å². The zero-order valence-electron chi connectivity index (χ0n) is 12.8. The van der Waals surface area contributed by atoms with Gasteiger partial charge in [0, 0.05) is 7.05 Å². The number of nitrogens with zero attached hydrogens (tertiary/aromatic N) is 1. The van der Waals surface area contributed by atoms with Gasteiger partial charge in [-0.3, -0.25) is 4.79 Å². The standard InChI is InChI=1S/C19H20N2O/c1-21-17-12-15-10-6-5-9-14(15)11-16(17)20-18(19(21)22)13-7-3-2-4-8-13/h2-4,7-8,11-12,18,20H,5-6,9-10H2,1H3. The second-order valence-corrected chi connectivity index (χ2v) is 6.23. The fourth-order valence-electron chi connectivity index (χ4n) is 3.57. The molecule has 0 saturated carbocycles. The maximum absolute atomic E-state index is 12.7. The van der Waals surface area contributed by atoms with Gasteiger partial charge in [-0.2, -0.15) is 0 Å². The van der Waals surface area contributed by atoms with Gasteiger partial charge in [-0.15, -0.1) is 0 Å². The molecule has 1 N–H and O–H groups in total. The number of benzene rings is 2. The van der Waals surface area contributed by atoms with E-state index in [9.17, 15) is 4.79 Å². The number of anilines is 2. The molecule has 2 aromatic carbocycles. The van der Waals surface area contributed by atoms with Gasteiger partial charge >= 0.3 is 0 Å². The van der Waals surface area contributed by atoms with E-state index in [1.165, 1.54) is 24.0 Å². The number of amides is 1. The molecule has 3 heteroatoms. The summed E-state index contributed by atoms with van der Waals surface area (Å²) in [5, 5.41) is 3.45. The van der Waals surface area contributed by atoms with Crippen molar-refractivity contribution >= 4 is 17.3 Å². The zero-order valence-corrected chi connectivity index (χ0v) is 12.8. The van der Waals surface area contributed by atoms with Gasteiger partial charge in [0.1, 0.15) is 6.04 Å². The van der Waals surface area contributed by atoms with Crippen molar-refractivity contribution in [3.63, 3.8) is 0 Å². The first kappa shape index (κ1) is 13.4. The van der Waals surface area contributed by atoms with Gasteiger partial charge in [0.05, 0.1) is 11.4 Å². The highest BCUT2D eigenvalue weighted by Crippen LogP contribution is 2.39. The molecule has 0 saturated heterocycles. The Hall–Kier alpha value is -2.29. The number of fused-ring (bicyclic) bond motifs is 2. The summed E-state index contributed by atoms with van der Waals surface area (Å²) in [5.41, 5.74) is 5.95. The van der Waals surface area contributed by atoms with E-state index in [2.05, 4.69) is 17.4 Å². The SMILES string of the molecule is CN1C(=O)C(c2ccccc2)Nc2cc3c(cc21)CCCC3. The minimum Gasteiger partial charge on any atom is -0.368 e. The first-order chi connectivity index (χ1) is 10.7. The molecule has 4 rings (SSSR count). The van der Waals surface area contributed by atoms with Crippen LogP contribution in [0.1, 0.15) is 35.6 Å². The molecule has 0 radical (unpaired) electrons. The molecule has 1 aliphatic heterocycles. The van der Waals surface area contributed by atoms with E-state index in [1.54, 1.807) is 4.90 Å². The Balaban J connectivity index is 1.77. The predicted molar refractivity (Wildman–Crippen MR) is 89.3 cm³/mol. The summed E-state index contributed by atoms with van der Waals surface area (Å²) < 4.78 is 0. The Morgan fingerprint density at radius 2 is 1.73 bits per heavy atom. The summed E-state index contributed by atoms with van der Waals surface area (Å²) >= 11 is 0. The molecule has 0 spiro atoms. The largest absolute Gasteiger partial charge is 0.368 e. The lowest BCUT2D eigenvalue weighted by Crippen LogP contribution is -2.40. The summed E-state index contributed by atoms with van der Waals surface area (Å²) in [5.74, 6) is 0.106. The average Bonchev–Trinajstić information content (AvgIpc) is 2.57. The molecular weight excluding hydrogens is 272 g/mol. The molecule has 1 unspecified atom stereocenters. The van der Waals surface area contributed by atoms with Crippen molar-refractivity contribution < 1.29 is 4.79 Å². The van der Waals surface area contributed by atoms with Crippen LogP contribution in [0.25, 0.3) is 0 Å². The molecule has 2 aliphatic rings. The maximum atomic E-state index is 12.7. The van der Waals surface area contributed by atoms with Crippen molar-refractivity contribution in [2.75, 3.05) is 17.3 Å². The number of hydrogen-bond acceptors (Lipinski definition) is 2. The number of hydrogen-bond donors (Lipinski definition) is 1. The molecule has 22 heavy (non-hydrogen) atoms. The lowest BCUT2D eigenvalue weighted by Gasteiger charge is -2.34. The van der Waals surface area contributed by atoms with Gasteiger partial charge in [0.25, 0.3) is 5.91 Å². The Kier molecular flexibility index (Phi) is 3.14. The van der Waals surface area contributed by atoms with E-state index in [0.29, 0.717) is 0 Å². The number of carbonyl (C=O) groups excluding carboxylic acids is 1. The fourth-order valence-corrected chi connectivity index (χ4v) is 3.57. The Morgan fingerprint density at radius 1 is 1.05 bits per heavy atom. The van der Waals surface area contributed by atoms with E-state index < -0.39 is 0 Å². The summed E-state index contributed by atoms with van der Waals surface area (Å²) in [6, 6.07) is 14.1. The van der Waals surface area contributed by atoms with Gasteiger partial charge in [-0.25, -0.2) is 0 Å². The molecule has 1 aliphatic carbocycles. The number of carbonyl (C=O) groups is 1. The summed E-state index contributed by atoms with van der Waals surface area (Å²) in [6.07, 6.45) is 4.80. The lowest BCUT2D eigenvalue weighted by molar-refractivity contribution is -0.119. The third kappa shape index (κ3) is 2.08. The van der Waals surface area contributed by atoms with Crippen LogP contribution >= 0.6 is 0 Å². The molecule has 0 bridgehead atoms. The summed E-state index contributed by atoms with van der Waals surface area (Å²) in [7, 11) is 1.88. The molecule has 3 nitrogen and oxygen atoms in total. The van der Waals surface area contributed by atoms with Gasteiger partial charge in [-0.05, 0) is 54.5 Å². The number of rotatable bonds is 1. The number of aryl methyl sites for hydroxylation is 2. The van der Waals surface area contributed by atoms with Crippen LogP contribution < -0.4 is 10.2 Å². The van der Waals surface area contributed by atoms with Crippen LogP contribution in [0.2, 0.25) is 0 Å². The molecule has 2 aromatic rings. The van der Waals surface area contributed by atoms with Crippen LogP contribution in [0.3, 0.4) is 0 Å². The molecule has 112 valence electrons. The van der Waals surface area contributed by atoms with Crippen molar-refractivity contribution in [1.29, 1.82) is 0 Å². The lowest BCUT2D eigenvalue weighted by atomic mass is 9.89. The van der Waals surface area contributed by atoms with Crippen LogP contribution in [0.5, 0.6) is 0 Å². The van der Waals surface area contributed by atoms with Crippen molar-refractivity contribution in [3.8, 4) is 0 Å². The van der Waals surface area contributed by atoms with E-state index >= 15 is 0 Å². The average molecular weight is 292 g/mol. The minimum absolute atomic E-state index is 0.106. The third-order valence-electron chi connectivity index (χ3n) is 4.83. The highest BCUT2D eigenvalue weighted by Gasteiger charge is 2.32. The van der Waals surface area contributed by atoms with Gasteiger partial charge in [0.15, 0.2) is 0 Å². The zero-order chi connectivity index (χ0) is 15.1. The van der Waals surface area contributed by atoms with Crippen LogP contribution in [0, 0.1) is 0 Å². The highest BCUT2D eigenvalue weighted by molar-refractivity contribution is 6.05. The fraction of sp³-hybridized carbons (Fsp3) is 0.316. The Labute approximate surface area is 131 Å². The van der Waals surface area contributed by atoms with E-state index in [1.807, 2.05) is 37.4 Å². The van der Waals surface area contributed by atoms with Crippen LogP contribution in [0.15, 0.2) is 42.5 Å². The number of nitrogens with one attached hydrogen (secondary N) is 1. The normalized spacial score (nSPS) is 20.1. The topological polar surface area (TPSA) is 32.3 Å². The number of likely N-dealkylation sites (N-methyl/N-ethyl adjacent to an activating group) is 1. The smallest absolute Gasteiger partial charge is 0.253 e. The monoisotopic (exact) mass is 292 g/mol. The predicted octanol–water partition coefficient (Wildman–Crippen LogP) is 3.70. The minimum atomic E-state index is -0.291. The summed E-state index contributed by atoms with van der Waals surface area (Å²) in [6.45, 7) is 0. The van der Waals surface area contributed by atoms with E-state index in [4.69, 9.17) is 0 Å². The summed E-state index contributed by atoms with van der Waals surface area (Å²) in [4.78, 5) is 14.5. The second-order valence-electron chi connectivity index (χ2n) is 6.23. The van der Waals surface area contributed by atoms with Crippen molar-refractivity contribution in [1.82, 2.24) is 0 Å². The third-order valence-corrected chi connectivity index (χ3v) is 4.83. The maximum Gasteiger partial charge on any atom is 0.253 e. The molecule has 1 atom stereocenters. The molecule has 1 amide bonds. The van der Waals surface area contributed by atoms with Gasteiger partial charge in [0.2, 0.25) is 0 Å². The molecule has 0 fully saturated rings.